The first-order valence-corrected chi connectivity index (χ1v) is 5.34. The van der Waals surface area contributed by atoms with E-state index in [0.717, 1.165) is 5.56 Å². The summed E-state index contributed by atoms with van der Waals surface area (Å²) in [6.07, 6.45) is 0. The Labute approximate surface area is 78.2 Å². The summed E-state index contributed by atoms with van der Waals surface area (Å²) in [5, 5.41) is 0. The standard InChI is InChI=1S/C8H12N2O2S/c1-9-13(11,12)10-7-8-5-3-2-4-6-8/h2-6,9-10H,7H2,1H3. The molecule has 0 aliphatic heterocycles. The van der Waals surface area contributed by atoms with E-state index in [9.17, 15) is 8.42 Å². The predicted molar refractivity (Wildman–Crippen MR) is 51.3 cm³/mol. The first-order chi connectivity index (χ1) is 6.14. The number of hydrogen-bond donors (Lipinski definition) is 2. The molecular weight excluding hydrogens is 188 g/mol. The van der Waals surface area contributed by atoms with E-state index in [-0.39, 0.29) is 0 Å². The molecule has 0 saturated heterocycles. The number of rotatable bonds is 4. The normalized spacial score (nSPS) is 11.5. The number of benzene rings is 1. The molecule has 4 nitrogen and oxygen atoms in total. The van der Waals surface area contributed by atoms with Crippen LogP contribution in [0.5, 0.6) is 0 Å². The Kier molecular flexibility index (Phi) is 3.41. The molecule has 5 heteroatoms. The summed E-state index contributed by atoms with van der Waals surface area (Å²) in [7, 11) is -1.95. The van der Waals surface area contributed by atoms with Crippen molar-refractivity contribution in [1.29, 1.82) is 0 Å². The quantitative estimate of drug-likeness (QED) is 0.731. The van der Waals surface area contributed by atoms with Crippen LogP contribution < -0.4 is 9.44 Å². The van der Waals surface area contributed by atoms with Crippen molar-refractivity contribution in [3.63, 3.8) is 0 Å². The first kappa shape index (κ1) is 10.2. The maximum atomic E-state index is 11.0. The fourth-order valence-corrected chi connectivity index (χ4v) is 1.35. The molecule has 0 radical (unpaired) electrons. The van der Waals surface area contributed by atoms with Gasteiger partial charge in [0.1, 0.15) is 0 Å². The van der Waals surface area contributed by atoms with E-state index in [0.29, 0.717) is 6.54 Å². The third-order valence-electron chi connectivity index (χ3n) is 1.58. The second-order valence-electron chi connectivity index (χ2n) is 2.51. The molecule has 0 bridgehead atoms. The van der Waals surface area contributed by atoms with Crippen molar-refractivity contribution in [3.8, 4) is 0 Å². The van der Waals surface area contributed by atoms with E-state index in [1.165, 1.54) is 7.05 Å². The third kappa shape index (κ3) is 3.54. The summed E-state index contributed by atoms with van der Waals surface area (Å²) in [4.78, 5) is 0. The van der Waals surface area contributed by atoms with Crippen LogP contribution in [-0.2, 0) is 16.8 Å². The highest BCUT2D eigenvalue weighted by Gasteiger charge is 2.03. The van der Waals surface area contributed by atoms with Gasteiger partial charge in [0.25, 0.3) is 10.2 Å². The highest BCUT2D eigenvalue weighted by atomic mass is 32.2. The van der Waals surface area contributed by atoms with Crippen molar-refractivity contribution in [1.82, 2.24) is 9.44 Å². The van der Waals surface area contributed by atoms with E-state index in [1.807, 2.05) is 30.3 Å². The van der Waals surface area contributed by atoms with Gasteiger partial charge in [0.05, 0.1) is 0 Å². The Bertz CT molecular complexity index is 348. The zero-order chi connectivity index (χ0) is 9.73. The van der Waals surface area contributed by atoms with Gasteiger partial charge in [-0.1, -0.05) is 30.3 Å². The van der Waals surface area contributed by atoms with Crippen LogP contribution in [0.15, 0.2) is 30.3 Å². The number of nitrogens with one attached hydrogen (secondary N) is 2. The molecule has 0 saturated carbocycles. The Balaban J connectivity index is 2.54. The monoisotopic (exact) mass is 200 g/mol. The van der Waals surface area contributed by atoms with Crippen molar-refractivity contribution in [2.75, 3.05) is 7.05 Å². The van der Waals surface area contributed by atoms with E-state index in [2.05, 4.69) is 9.44 Å². The Morgan fingerprint density at radius 2 is 1.85 bits per heavy atom. The van der Waals surface area contributed by atoms with Crippen LogP contribution in [0.3, 0.4) is 0 Å². The van der Waals surface area contributed by atoms with Gasteiger partial charge in [-0.3, -0.25) is 0 Å². The smallest absolute Gasteiger partial charge is 0.205 e. The average molecular weight is 200 g/mol. The lowest BCUT2D eigenvalue weighted by atomic mass is 10.2. The fraction of sp³-hybridized carbons (Fsp3) is 0.250. The summed E-state index contributed by atoms with van der Waals surface area (Å²) in [6, 6.07) is 9.33. The molecule has 72 valence electrons. The van der Waals surface area contributed by atoms with Crippen LogP contribution in [-0.4, -0.2) is 15.5 Å². The zero-order valence-electron chi connectivity index (χ0n) is 7.32. The van der Waals surface area contributed by atoms with Gasteiger partial charge in [-0.25, -0.2) is 4.72 Å². The van der Waals surface area contributed by atoms with E-state index < -0.39 is 10.2 Å². The maximum absolute atomic E-state index is 11.0. The van der Waals surface area contributed by atoms with Gasteiger partial charge in [0, 0.05) is 13.6 Å². The summed E-state index contributed by atoms with van der Waals surface area (Å²) in [5.74, 6) is 0. The molecule has 0 spiro atoms. The predicted octanol–water partition coefficient (Wildman–Crippen LogP) is 0.240. The minimum atomic E-state index is -3.32. The van der Waals surface area contributed by atoms with Gasteiger partial charge in [-0.05, 0) is 5.56 Å². The molecule has 0 aliphatic carbocycles. The molecule has 0 aromatic heterocycles. The lowest BCUT2D eigenvalue weighted by Crippen LogP contribution is -2.33. The average Bonchev–Trinajstić information content (AvgIpc) is 2.17. The molecule has 1 aromatic rings. The summed E-state index contributed by atoms with van der Waals surface area (Å²) in [5.41, 5.74) is 0.932. The van der Waals surface area contributed by atoms with Gasteiger partial charge in [0.2, 0.25) is 0 Å². The van der Waals surface area contributed by atoms with E-state index >= 15 is 0 Å². The molecule has 0 amide bonds. The molecule has 1 rings (SSSR count). The van der Waals surface area contributed by atoms with E-state index in [4.69, 9.17) is 0 Å². The maximum Gasteiger partial charge on any atom is 0.276 e. The second-order valence-corrected chi connectivity index (χ2v) is 4.22. The van der Waals surface area contributed by atoms with Crippen molar-refractivity contribution in [3.05, 3.63) is 35.9 Å². The van der Waals surface area contributed by atoms with Crippen LogP contribution in [0.1, 0.15) is 5.56 Å². The zero-order valence-corrected chi connectivity index (χ0v) is 8.14. The van der Waals surface area contributed by atoms with Crippen molar-refractivity contribution >= 4 is 10.2 Å². The highest BCUT2D eigenvalue weighted by Crippen LogP contribution is 1.97. The Hall–Kier alpha value is -0.910. The molecule has 13 heavy (non-hydrogen) atoms. The van der Waals surface area contributed by atoms with Gasteiger partial charge in [-0.2, -0.15) is 13.1 Å². The SMILES string of the molecule is CNS(=O)(=O)NCc1ccccc1. The topological polar surface area (TPSA) is 58.2 Å². The van der Waals surface area contributed by atoms with Gasteiger partial charge < -0.3 is 0 Å². The van der Waals surface area contributed by atoms with Crippen molar-refractivity contribution < 1.29 is 8.42 Å². The number of hydrogen-bond acceptors (Lipinski definition) is 2. The second kappa shape index (κ2) is 4.36. The Morgan fingerprint density at radius 3 is 2.38 bits per heavy atom. The summed E-state index contributed by atoms with van der Waals surface area (Å²) >= 11 is 0. The highest BCUT2D eigenvalue weighted by molar-refractivity contribution is 7.87. The van der Waals surface area contributed by atoms with Crippen LogP contribution in [0.4, 0.5) is 0 Å². The third-order valence-corrected chi connectivity index (χ3v) is 2.64. The molecule has 2 N–H and O–H groups in total. The first-order valence-electron chi connectivity index (χ1n) is 3.86. The Morgan fingerprint density at radius 1 is 1.23 bits per heavy atom. The molecule has 0 aliphatic rings. The van der Waals surface area contributed by atoms with Crippen LogP contribution in [0.2, 0.25) is 0 Å². The molecule has 1 aromatic carbocycles. The van der Waals surface area contributed by atoms with Crippen LogP contribution in [0.25, 0.3) is 0 Å². The molecular formula is C8H12N2O2S. The molecule has 0 fully saturated rings. The summed E-state index contributed by atoms with van der Waals surface area (Å²) in [6.45, 7) is 0.310. The van der Waals surface area contributed by atoms with Gasteiger partial charge in [-0.15, -0.1) is 0 Å². The molecule has 0 unspecified atom stereocenters. The lowest BCUT2D eigenvalue weighted by molar-refractivity contribution is 0.573. The van der Waals surface area contributed by atoms with Gasteiger partial charge >= 0.3 is 0 Å². The molecule has 0 atom stereocenters. The lowest BCUT2D eigenvalue weighted by Gasteiger charge is -2.04. The minimum absolute atomic E-state index is 0.310. The van der Waals surface area contributed by atoms with E-state index in [1.54, 1.807) is 0 Å². The largest absolute Gasteiger partial charge is 0.276 e. The molecule has 0 heterocycles. The van der Waals surface area contributed by atoms with Crippen molar-refractivity contribution in [2.45, 2.75) is 6.54 Å². The van der Waals surface area contributed by atoms with Crippen LogP contribution >= 0.6 is 0 Å². The minimum Gasteiger partial charge on any atom is -0.205 e. The van der Waals surface area contributed by atoms with Gasteiger partial charge in [0.15, 0.2) is 0 Å². The summed E-state index contributed by atoms with van der Waals surface area (Å²) < 4.78 is 26.5. The van der Waals surface area contributed by atoms with Crippen LogP contribution in [0, 0.1) is 0 Å². The van der Waals surface area contributed by atoms with Crippen molar-refractivity contribution in [2.24, 2.45) is 0 Å². The fourth-order valence-electron chi connectivity index (χ4n) is 0.846.